The number of benzene rings is 1. The Morgan fingerprint density at radius 1 is 1.41 bits per heavy atom. The number of thiazole rings is 1. The van der Waals surface area contributed by atoms with E-state index in [1.807, 2.05) is 29.6 Å². The molecule has 0 unspecified atom stereocenters. The number of carbonyl (C=O) groups is 1. The number of nitrogens with zero attached hydrogens (tertiary/aromatic N) is 1. The molecule has 0 amide bonds. The van der Waals surface area contributed by atoms with Crippen molar-refractivity contribution in [1.82, 2.24) is 4.98 Å². The zero-order chi connectivity index (χ0) is 12.1. The summed E-state index contributed by atoms with van der Waals surface area (Å²) in [5.74, 6) is 0.875. The molecule has 0 aliphatic carbocycles. The molecule has 0 fully saturated rings. The Morgan fingerprint density at radius 3 is 3.00 bits per heavy atom. The summed E-state index contributed by atoms with van der Waals surface area (Å²) in [5.41, 5.74) is 1.96. The summed E-state index contributed by atoms with van der Waals surface area (Å²) in [6.45, 7) is 0. The summed E-state index contributed by atoms with van der Waals surface area (Å²) in [5, 5.41) is 2.94. The van der Waals surface area contributed by atoms with E-state index in [1.54, 1.807) is 18.4 Å². The van der Waals surface area contributed by atoms with Crippen LogP contribution in [0.5, 0.6) is 5.75 Å². The zero-order valence-corrected chi connectivity index (χ0v) is 10.4. The highest BCUT2D eigenvalue weighted by molar-refractivity contribution is 7.09. The van der Waals surface area contributed by atoms with Crippen LogP contribution in [0, 0.1) is 0 Å². The first kappa shape index (κ1) is 11.8. The Bertz CT molecular complexity index is 508. The highest BCUT2D eigenvalue weighted by Crippen LogP contribution is 2.22. The first-order valence-electron chi connectivity index (χ1n) is 5.32. The summed E-state index contributed by atoms with van der Waals surface area (Å²) >= 11 is 1.58. The van der Waals surface area contributed by atoms with Crippen LogP contribution < -0.4 is 4.74 Å². The van der Waals surface area contributed by atoms with Gasteiger partial charge in [0.15, 0.2) is 0 Å². The smallest absolute Gasteiger partial charge is 0.125 e. The molecule has 3 nitrogen and oxygen atoms in total. The summed E-state index contributed by atoms with van der Waals surface area (Å²) in [6.07, 6.45) is 2.01. The number of carbonyl (C=O) groups excluding carboxylic acids is 1. The summed E-state index contributed by atoms with van der Waals surface area (Å²) in [6, 6.07) is 7.90. The lowest BCUT2D eigenvalue weighted by Gasteiger charge is -2.05. The predicted molar refractivity (Wildman–Crippen MR) is 67.7 cm³/mol. The number of rotatable bonds is 5. The van der Waals surface area contributed by atoms with Gasteiger partial charge in [0.2, 0.25) is 0 Å². The summed E-state index contributed by atoms with van der Waals surface area (Å²) < 4.78 is 5.29. The summed E-state index contributed by atoms with van der Waals surface area (Å²) in [4.78, 5) is 14.8. The molecule has 0 bridgehead atoms. The highest BCUT2D eigenvalue weighted by atomic mass is 32.1. The fourth-order valence-electron chi connectivity index (χ4n) is 1.62. The van der Waals surface area contributed by atoms with E-state index in [0.717, 1.165) is 34.7 Å². The quantitative estimate of drug-likeness (QED) is 0.762. The number of methoxy groups -OCH3 is 1. The van der Waals surface area contributed by atoms with E-state index < -0.39 is 0 Å². The Kier molecular flexibility index (Phi) is 3.88. The van der Waals surface area contributed by atoms with Crippen LogP contribution in [0.3, 0.4) is 0 Å². The van der Waals surface area contributed by atoms with Gasteiger partial charge in [-0.05, 0) is 6.07 Å². The second-order valence-corrected chi connectivity index (χ2v) is 4.53. The van der Waals surface area contributed by atoms with Crippen molar-refractivity contribution in [3.63, 3.8) is 0 Å². The molecule has 0 saturated carbocycles. The zero-order valence-electron chi connectivity index (χ0n) is 9.55. The minimum Gasteiger partial charge on any atom is -0.496 e. The third kappa shape index (κ3) is 2.91. The molecule has 0 N–H and O–H groups in total. The SMILES string of the molecule is COc1ccccc1Cc1nc(CC=O)cs1. The van der Waals surface area contributed by atoms with Gasteiger partial charge in [0, 0.05) is 23.8 Å². The number of aldehydes is 1. The minimum absolute atomic E-state index is 0.391. The number of aromatic nitrogens is 1. The van der Waals surface area contributed by atoms with E-state index in [4.69, 9.17) is 4.74 Å². The molecule has 1 aromatic carbocycles. The van der Waals surface area contributed by atoms with Gasteiger partial charge in [-0.25, -0.2) is 4.98 Å². The largest absolute Gasteiger partial charge is 0.496 e. The Morgan fingerprint density at radius 2 is 2.24 bits per heavy atom. The van der Waals surface area contributed by atoms with Crippen LogP contribution in [0.25, 0.3) is 0 Å². The molecule has 0 spiro atoms. The van der Waals surface area contributed by atoms with Crippen molar-refractivity contribution >= 4 is 17.6 Å². The van der Waals surface area contributed by atoms with Crippen molar-refractivity contribution in [3.8, 4) is 5.75 Å². The van der Waals surface area contributed by atoms with Gasteiger partial charge in [0.05, 0.1) is 17.8 Å². The second-order valence-electron chi connectivity index (χ2n) is 3.59. The summed E-state index contributed by atoms with van der Waals surface area (Å²) in [7, 11) is 1.67. The fourth-order valence-corrected chi connectivity index (χ4v) is 2.45. The van der Waals surface area contributed by atoms with E-state index in [0.29, 0.717) is 6.42 Å². The number of ether oxygens (including phenoxy) is 1. The average Bonchev–Trinajstić information content (AvgIpc) is 2.78. The van der Waals surface area contributed by atoms with Crippen LogP contribution in [0.1, 0.15) is 16.3 Å². The van der Waals surface area contributed by atoms with Crippen molar-refractivity contribution in [2.45, 2.75) is 12.8 Å². The molecule has 2 rings (SSSR count). The number of para-hydroxylation sites is 1. The van der Waals surface area contributed by atoms with Gasteiger partial charge < -0.3 is 9.53 Å². The minimum atomic E-state index is 0.391. The third-order valence-corrected chi connectivity index (χ3v) is 3.32. The first-order chi connectivity index (χ1) is 8.33. The lowest BCUT2D eigenvalue weighted by atomic mass is 10.1. The molecule has 4 heteroatoms. The first-order valence-corrected chi connectivity index (χ1v) is 6.20. The van der Waals surface area contributed by atoms with Crippen molar-refractivity contribution < 1.29 is 9.53 Å². The molecular formula is C13H13NO2S. The lowest BCUT2D eigenvalue weighted by molar-refractivity contribution is -0.107. The molecular weight excluding hydrogens is 234 g/mol. The topological polar surface area (TPSA) is 39.2 Å². The van der Waals surface area contributed by atoms with Crippen LogP contribution >= 0.6 is 11.3 Å². The molecule has 17 heavy (non-hydrogen) atoms. The van der Waals surface area contributed by atoms with Gasteiger partial charge in [-0.15, -0.1) is 11.3 Å². The molecule has 1 heterocycles. The molecule has 1 aromatic heterocycles. The van der Waals surface area contributed by atoms with Crippen LogP contribution in [-0.4, -0.2) is 18.4 Å². The Labute approximate surface area is 104 Å². The highest BCUT2D eigenvalue weighted by Gasteiger charge is 2.06. The van der Waals surface area contributed by atoms with E-state index in [-0.39, 0.29) is 0 Å². The molecule has 0 radical (unpaired) electrons. The monoisotopic (exact) mass is 247 g/mol. The van der Waals surface area contributed by atoms with Crippen LogP contribution in [0.15, 0.2) is 29.6 Å². The van der Waals surface area contributed by atoms with Gasteiger partial charge in [-0.1, -0.05) is 18.2 Å². The van der Waals surface area contributed by atoms with Crippen LogP contribution in [0.4, 0.5) is 0 Å². The van der Waals surface area contributed by atoms with E-state index in [2.05, 4.69) is 4.98 Å². The molecule has 88 valence electrons. The standard InChI is InChI=1S/C13H13NO2S/c1-16-12-5-3-2-4-10(12)8-13-14-11(6-7-15)9-17-13/h2-5,7,9H,6,8H2,1H3. The molecule has 0 saturated heterocycles. The lowest BCUT2D eigenvalue weighted by Crippen LogP contribution is -1.94. The maximum absolute atomic E-state index is 10.4. The molecule has 0 aliphatic rings. The second kappa shape index (κ2) is 5.59. The Balaban J connectivity index is 2.16. The van der Waals surface area contributed by atoms with Crippen LogP contribution in [-0.2, 0) is 17.6 Å². The van der Waals surface area contributed by atoms with Gasteiger partial charge >= 0.3 is 0 Å². The van der Waals surface area contributed by atoms with Crippen molar-refractivity contribution in [1.29, 1.82) is 0 Å². The van der Waals surface area contributed by atoms with E-state index in [1.165, 1.54) is 0 Å². The number of hydrogen-bond donors (Lipinski definition) is 0. The van der Waals surface area contributed by atoms with Crippen molar-refractivity contribution in [2.75, 3.05) is 7.11 Å². The van der Waals surface area contributed by atoms with Gasteiger partial charge in [0.1, 0.15) is 12.0 Å². The van der Waals surface area contributed by atoms with E-state index in [9.17, 15) is 4.79 Å². The maximum Gasteiger partial charge on any atom is 0.125 e. The van der Waals surface area contributed by atoms with E-state index >= 15 is 0 Å². The molecule has 2 aromatic rings. The number of hydrogen-bond acceptors (Lipinski definition) is 4. The molecule has 0 atom stereocenters. The predicted octanol–water partition coefficient (Wildman–Crippen LogP) is 2.48. The average molecular weight is 247 g/mol. The maximum atomic E-state index is 10.4. The van der Waals surface area contributed by atoms with Gasteiger partial charge in [-0.3, -0.25) is 0 Å². The fraction of sp³-hybridized carbons (Fsp3) is 0.231. The van der Waals surface area contributed by atoms with Crippen molar-refractivity contribution in [3.05, 3.63) is 45.9 Å². The van der Waals surface area contributed by atoms with Crippen molar-refractivity contribution in [2.24, 2.45) is 0 Å². The normalized spacial score (nSPS) is 10.2. The van der Waals surface area contributed by atoms with Gasteiger partial charge in [0.25, 0.3) is 0 Å². The van der Waals surface area contributed by atoms with Crippen LogP contribution in [0.2, 0.25) is 0 Å². The Hall–Kier alpha value is -1.68. The molecule has 0 aliphatic heterocycles. The third-order valence-electron chi connectivity index (χ3n) is 2.43. The van der Waals surface area contributed by atoms with Gasteiger partial charge in [-0.2, -0.15) is 0 Å².